The van der Waals surface area contributed by atoms with Crippen LogP contribution >= 0.6 is 0 Å². The van der Waals surface area contributed by atoms with Gasteiger partial charge in [0.1, 0.15) is 5.82 Å². The molecular formula is C13H12F3NO2. The lowest BCUT2D eigenvalue weighted by Gasteiger charge is -2.17. The zero-order valence-electron chi connectivity index (χ0n) is 10.2. The number of methoxy groups -OCH3 is 1. The molecule has 1 heterocycles. The summed E-state index contributed by atoms with van der Waals surface area (Å²) in [6, 6.07) is 3.53. The topological polar surface area (TPSA) is 38.3 Å². The molecule has 0 saturated heterocycles. The number of rotatable bonds is 1. The van der Waals surface area contributed by atoms with Crippen LogP contribution in [0.15, 0.2) is 24.3 Å². The van der Waals surface area contributed by atoms with E-state index >= 15 is 0 Å². The SMILES string of the molecule is COC(=O)C=C1c2cc(F)ccc2NCCC1(F)F. The lowest BCUT2D eigenvalue weighted by atomic mass is 9.97. The van der Waals surface area contributed by atoms with Gasteiger partial charge in [0.15, 0.2) is 0 Å². The second-order valence-corrected chi connectivity index (χ2v) is 4.15. The van der Waals surface area contributed by atoms with E-state index in [1.165, 1.54) is 12.1 Å². The Kier molecular flexibility index (Phi) is 3.50. The smallest absolute Gasteiger partial charge is 0.330 e. The summed E-state index contributed by atoms with van der Waals surface area (Å²) >= 11 is 0. The average molecular weight is 271 g/mol. The number of nitrogens with one attached hydrogen (secondary N) is 1. The highest BCUT2D eigenvalue weighted by Gasteiger charge is 2.38. The van der Waals surface area contributed by atoms with Crippen molar-refractivity contribution in [2.24, 2.45) is 0 Å². The molecule has 6 heteroatoms. The van der Waals surface area contributed by atoms with Crippen molar-refractivity contribution in [2.45, 2.75) is 12.3 Å². The fraction of sp³-hybridized carbons (Fsp3) is 0.308. The van der Waals surface area contributed by atoms with Crippen molar-refractivity contribution in [1.82, 2.24) is 0 Å². The molecule has 0 bridgehead atoms. The maximum absolute atomic E-state index is 14.0. The van der Waals surface area contributed by atoms with Gasteiger partial charge in [0.2, 0.25) is 0 Å². The van der Waals surface area contributed by atoms with Crippen LogP contribution in [0.2, 0.25) is 0 Å². The van der Waals surface area contributed by atoms with Crippen molar-refractivity contribution in [3.05, 3.63) is 35.7 Å². The summed E-state index contributed by atoms with van der Waals surface area (Å²) in [5, 5.41) is 2.79. The first-order chi connectivity index (χ1) is 8.94. The van der Waals surface area contributed by atoms with Crippen LogP contribution in [0.1, 0.15) is 12.0 Å². The maximum atomic E-state index is 14.0. The molecule has 0 unspecified atom stereocenters. The van der Waals surface area contributed by atoms with Gasteiger partial charge >= 0.3 is 5.97 Å². The minimum atomic E-state index is -3.22. The van der Waals surface area contributed by atoms with Gasteiger partial charge in [-0.1, -0.05) is 0 Å². The van der Waals surface area contributed by atoms with Gasteiger partial charge < -0.3 is 10.1 Å². The van der Waals surface area contributed by atoms with Crippen LogP contribution < -0.4 is 5.32 Å². The Hall–Kier alpha value is -1.98. The first-order valence-electron chi connectivity index (χ1n) is 5.66. The number of benzene rings is 1. The molecule has 3 nitrogen and oxygen atoms in total. The van der Waals surface area contributed by atoms with Crippen molar-refractivity contribution in [3.63, 3.8) is 0 Å². The molecule has 1 N–H and O–H groups in total. The molecule has 0 spiro atoms. The number of carbonyl (C=O) groups excluding carboxylic acids is 1. The number of esters is 1. The molecule has 1 aliphatic heterocycles. The van der Waals surface area contributed by atoms with Crippen LogP contribution in [-0.4, -0.2) is 25.5 Å². The zero-order valence-corrected chi connectivity index (χ0v) is 10.2. The fourth-order valence-corrected chi connectivity index (χ4v) is 1.94. The first kappa shape index (κ1) is 13.5. The van der Waals surface area contributed by atoms with E-state index in [-0.39, 0.29) is 12.1 Å². The summed E-state index contributed by atoms with van der Waals surface area (Å²) in [6.07, 6.45) is 0.234. The average Bonchev–Trinajstić information content (AvgIpc) is 2.47. The van der Waals surface area contributed by atoms with E-state index in [0.717, 1.165) is 13.2 Å². The van der Waals surface area contributed by atoms with E-state index in [4.69, 9.17) is 0 Å². The lowest BCUT2D eigenvalue weighted by Crippen LogP contribution is -2.20. The quantitative estimate of drug-likeness (QED) is 0.630. The van der Waals surface area contributed by atoms with E-state index < -0.39 is 29.7 Å². The maximum Gasteiger partial charge on any atom is 0.330 e. The number of anilines is 1. The van der Waals surface area contributed by atoms with Crippen LogP contribution in [0.4, 0.5) is 18.9 Å². The third kappa shape index (κ3) is 2.72. The normalized spacial score (nSPS) is 19.3. The highest BCUT2D eigenvalue weighted by molar-refractivity contribution is 5.95. The van der Waals surface area contributed by atoms with Gasteiger partial charge in [0.05, 0.1) is 7.11 Å². The van der Waals surface area contributed by atoms with Gasteiger partial charge in [-0.25, -0.2) is 18.0 Å². The number of fused-ring (bicyclic) bond motifs is 1. The minimum absolute atomic E-state index is 0.0205. The second-order valence-electron chi connectivity index (χ2n) is 4.15. The molecule has 0 radical (unpaired) electrons. The molecule has 1 aromatic carbocycles. The Morgan fingerprint density at radius 2 is 2.21 bits per heavy atom. The summed E-state index contributed by atoms with van der Waals surface area (Å²) < 4.78 is 45.6. The predicted molar refractivity (Wildman–Crippen MR) is 64.4 cm³/mol. The van der Waals surface area contributed by atoms with Gasteiger partial charge in [0, 0.05) is 35.9 Å². The summed E-state index contributed by atoms with van der Waals surface area (Å²) in [6.45, 7) is 0.0319. The molecular weight excluding hydrogens is 259 g/mol. The number of alkyl halides is 2. The van der Waals surface area contributed by atoms with Crippen LogP contribution in [0.3, 0.4) is 0 Å². The number of halogens is 3. The second kappa shape index (κ2) is 4.95. The van der Waals surface area contributed by atoms with Crippen molar-refractivity contribution >= 4 is 17.2 Å². The van der Waals surface area contributed by atoms with Crippen LogP contribution in [0.25, 0.3) is 5.57 Å². The number of allylic oxidation sites excluding steroid dienone is 1. The number of hydrogen-bond acceptors (Lipinski definition) is 3. The molecule has 2 rings (SSSR count). The molecule has 0 fully saturated rings. The van der Waals surface area contributed by atoms with Crippen molar-refractivity contribution in [3.8, 4) is 0 Å². The van der Waals surface area contributed by atoms with Crippen molar-refractivity contribution in [1.29, 1.82) is 0 Å². The van der Waals surface area contributed by atoms with Gasteiger partial charge in [-0.05, 0) is 18.2 Å². The third-order valence-electron chi connectivity index (χ3n) is 2.88. The number of carbonyl (C=O) groups is 1. The summed E-state index contributed by atoms with van der Waals surface area (Å²) in [7, 11) is 1.10. The number of hydrogen-bond donors (Lipinski definition) is 1. The highest BCUT2D eigenvalue weighted by Crippen LogP contribution is 2.41. The minimum Gasteiger partial charge on any atom is -0.466 e. The molecule has 102 valence electrons. The largest absolute Gasteiger partial charge is 0.466 e. The molecule has 0 aromatic heterocycles. The Morgan fingerprint density at radius 1 is 1.47 bits per heavy atom. The first-order valence-corrected chi connectivity index (χ1v) is 5.66. The lowest BCUT2D eigenvalue weighted by molar-refractivity contribution is -0.134. The van der Waals surface area contributed by atoms with E-state index in [0.29, 0.717) is 11.8 Å². The van der Waals surface area contributed by atoms with E-state index in [1.807, 2.05) is 0 Å². The fourth-order valence-electron chi connectivity index (χ4n) is 1.94. The van der Waals surface area contributed by atoms with Crippen molar-refractivity contribution < 1.29 is 22.7 Å². The Balaban J connectivity index is 2.61. The van der Waals surface area contributed by atoms with Crippen molar-refractivity contribution in [2.75, 3.05) is 19.0 Å². The van der Waals surface area contributed by atoms with Gasteiger partial charge in [-0.3, -0.25) is 0 Å². The molecule has 0 saturated carbocycles. The summed E-state index contributed by atoms with van der Waals surface area (Å²) in [4.78, 5) is 11.2. The Bertz CT molecular complexity index is 541. The van der Waals surface area contributed by atoms with E-state index in [2.05, 4.69) is 10.1 Å². The van der Waals surface area contributed by atoms with Gasteiger partial charge in [-0.2, -0.15) is 0 Å². The Morgan fingerprint density at radius 3 is 2.89 bits per heavy atom. The van der Waals surface area contributed by atoms with Gasteiger partial charge in [0.25, 0.3) is 5.92 Å². The molecule has 19 heavy (non-hydrogen) atoms. The highest BCUT2D eigenvalue weighted by atomic mass is 19.3. The van der Waals surface area contributed by atoms with E-state index in [9.17, 15) is 18.0 Å². The third-order valence-corrected chi connectivity index (χ3v) is 2.88. The predicted octanol–water partition coefficient (Wildman–Crippen LogP) is 2.83. The zero-order chi connectivity index (χ0) is 14.0. The van der Waals surface area contributed by atoms with Crippen LogP contribution in [-0.2, 0) is 9.53 Å². The summed E-state index contributed by atoms with van der Waals surface area (Å²) in [5.74, 6) is -4.76. The van der Waals surface area contributed by atoms with Crippen LogP contribution in [0, 0.1) is 5.82 Å². The van der Waals surface area contributed by atoms with Crippen LogP contribution in [0.5, 0.6) is 0 Å². The molecule has 1 aliphatic rings. The van der Waals surface area contributed by atoms with Gasteiger partial charge in [-0.15, -0.1) is 0 Å². The summed E-state index contributed by atoms with van der Waals surface area (Å²) in [5.41, 5.74) is -0.180. The standard InChI is InChI=1S/C13H12F3NO2/c1-19-12(18)7-10-9-6-8(14)2-3-11(9)17-5-4-13(10,15)16/h2-3,6-7,17H,4-5H2,1H3. The molecule has 0 aliphatic carbocycles. The molecule has 0 atom stereocenters. The molecule has 0 amide bonds. The number of ether oxygens (including phenoxy) is 1. The molecule has 1 aromatic rings. The monoisotopic (exact) mass is 271 g/mol. The Labute approximate surface area is 108 Å². The van der Waals surface area contributed by atoms with E-state index in [1.54, 1.807) is 0 Å².